The van der Waals surface area contributed by atoms with Gasteiger partial charge in [-0.2, -0.15) is 0 Å². The molecule has 0 unspecified atom stereocenters. The number of benzene rings is 1. The van der Waals surface area contributed by atoms with Gasteiger partial charge in [0.25, 0.3) is 5.69 Å². The summed E-state index contributed by atoms with van der Waals surface area (Å²) < 4.78 is 0. The van der Waals surface area contributed by atoms with Gasteiger partial charge in [0.2, 0.25) is 5.91 Å². The number of carbonyl (C=O) groups excluding carboxylic acids is 1. The van der Waals surface area contributed by atoms with E-state index in [1.54, 1.807) is 0 Å². The number of nitrogens with two attached hydrogens (primary N) is 1. The van der Waals surface area contributed by atoms with Gasteiger partial charge in [-0.3, -0.25) is 14.9 Å². The van der Waals surface area contributed by atoms with Gasteiger partial charge in [-0.25, -0.2) is 0 Å². The fourth-order valence-electron chi connectivity index (χ4n) is 1.45. The second-order valence-corrected chi connectivity index (χ2v) is 3.63. The van der Waals surface area contributed by atoms with Crippen LogP contribution in [0.3, 0.4) is 0 Å². The molecule has 1 aromatic carbocycles. The van der Waals surface area contributed by atoms with E-state index in [-0.39, 0.29) is 11.3 Å². The summed E-state index contributed by atoms with van der Waals surface area (Å²) in [5.41, 5.74) is 5.43. The zero-order valence-corrected chi connectivity index (χ0v) is 10.1. The van der Waals surface area contributed by atoms with E-state index in [1.807, 2.05) is 6.92 Å². The van der Waals surface area contributed by atoms with Crippen molar-refractivity contribution in [1.82, 2.24) is 5.32 Å². The molecular weight excluding hydrogens is 236 g/mol. The standard InChI is InChI=1S/C11H16N4O3/c1-2-13-5-6-14-9-4-3-8(11(12)16)7-10(9)15(17)18/h3-4,7,13-14H,2,5-6H2,1H3,(H2,12,16). The van der Waals surface area contributed by atoms with Crippen molar-refractivity contribution in [3.8, 4) is 0 Å². The number of primary amides is 1. The van der Waals surface area contributed by atoms with Crippen molar-refractivity contribution in [3.05, 3.63) is 33.9 Å². The van der Waals surface area contributed by atoms with Crippen molar-refractivity contribution >= 4 is 17.3 Å². The number of nitrogens with zero attached hydrogens (tertiary/aromatic N) is 1. The molecule has 98 valence electrons. The minimum atomic E-state index is -0.683. The van der Waals surface area contributed by atoms with Crippen LogP contribution in [0.4, 0.5) is 11.4 Å². The Hall–Kier alpha value is -2.15. The first kappa shape index (κ1) is 13.9. The van der Waals surface area contributed by atoms with Gasteiger partial charge >= 0.3 is 0 Å². The highest BCUT2D eigenvalue weighted by Crippen LogP contribution is 2.25. The maximum absolute atomic E-state index is 11.0. The van der Waals surface area contributed by atoms with Crippen molar-refractivity contribution in [2.75, 3.05) is 25.0 Å². The molecule has 0 saturated carbocycles. The molecular formula is C11H16N4O3. The zero-order valence-electron chi connectivity index (χ0n) is 10.1. The van der Waals surface area contributed by atoms with Crippen molar-refractivity contribution < 1.29 is 9.72 Å². The molecule has 0 aliphatic carbocycles. The summed E-state index contributed by atoms with van der Waals surface area (Å²) in [6, 6.07) is 4.13. The molecule has 1 aromatic rings. The Bertz CT molecular complexity index is 448. The second-order valence-electron chi connectivity index (χ2n) is 3.63. The first-order valence-corrected chi connectivity index (χ1v) is 5.59. The molecule has 0 aliphatic rings. The van der Waals surface area contributed by atoms with E-state index >= 15 is 0 Å². The third kappa shape index (κ3) is 3.70. The van der Waals surface area contributed by atoms with Gasteiger partial charge in [-0.15, -0.1) is 0 Å². The van der Waals surface area contributed by atoms with Crippen LogP contribution >= 0.6 is 0 Å². The van der Waals surface area contributed by atoms with E-state index in [0.717, 1.165) is 6.54 Å². The Labute approximate surface area is 105 Å². The number of anilines is 1. The Kier molecular flexibility index (Phi) is 5.06. The van der Waals surface area contributed by atoms with Crippen LogP contribution < -0.4 is 16.4 Å². The predicted octanol–water partition coefficient (Wildman–Crippen LogP) is 0.715. The number of carbonyl (C=O) groups is 1. The van der Waals surface area contributed by atoms with E-state index in [2.05, 4.69) is 10.6 Å². The minimum Gasteiger partial charge on any atom is -0.378 e. The second kappa shape index (κ2) is 6.55. The first-order valence-electron chi connectivity index (χ1n) is 5.59. The Morgan fingerprint density at radius 3 is 2.72 bits per heavy atom. The molecule has 0 saturated heterocycles. The zero-order chi connectivity index (χ0) is 13.5. The van der Waals surface area contributed by atoms with Crippen LogP contribution in [-0.2, 0) is 0 Å². The van der Waals surface area contributed by atoms with Crippen LogP contribution in [-0.4, -0.2) is 30.5 Å². The third-order valence-corrected chi connectivity index (χ3v) is 2.35. The van der Waals surface area contributed by atoms with Crippen LogP contribution in [0.25, 0.3) is 0 Å². The van der Waals surface area contributed by atoms with Crippen molar-refractivity contribution in [2.24, 2.45) is 5.73 Å². The summed E-state index contributed by atoms with van der Waals surface area (Å²) >= 11 is 0. The van der Waals surface area contributed by atoms with Crippen LogP contribution in [0.2, 0.25) is 0 Å². The van der Waals surface area contributed by atoms with Gasteiger partial charge in [-0.05, 0) is 18.7 Å². The molecule has 0 heterocycles. The first-order chi connectivity index (χ1) is 8.56. The van der Waals surface area contributed by atoms with Crippen LogP contribution in [0.15, 0.2) is 18.2 Å². The number of nitro groups is 1. The van der Waals surface area contributed by atoms with E-state index in [1.165, 1.54) is 18.2 Å². The molecule has 7 nitrogen and oxygen atoms in total. The molecule has 18 heavy (non-hydrogen) atoms. The highest BCUT2D eigenvalue weighted by atomic mass is 16.6. The van der Waals surface area contributed by atoms with Crippen LogP contribution in [0.5, 0.6) is 0 Å². The lowest BCUT2D eigenvalue weighted by Crippen LogP contribution is -2.22. The quantitative estimate of drug-likeness (QED) is 0.376. The SMILES string of the molecule is CCNCCNc1ccc(C(N)=O)cc1[N+](=O)[O-]. The Morgan fingerprint density at radius 2 is 2.17 bits per heavy atom. The van der Waals surface area contributed by atoms with Crippen LogP contribution in [0.1, 0.15) is 17.3 Å². The Balaban J connectivity index is 2.83. The molecule has 0 atom stereocenters. The summed E-state index contributed by atoms with van der Waals surface area (Å²) in [5.74, 6) is -0.683. The molecule has 0 radical (unpaired) electrons. The molecule has 0 bridgehead atoms. The maximum Gasteiger partial charge on any atom is 0.293 e. The van der Waals surface area contributed by atoms with Gasteiger partial charge in [0, 0.05) is 24.7 Å². The molecule has 0 aliphatic heterocycles. The molecule has 1 amide bonds. The molecule has 0 aromatic heterocycles. The number of nitro benzene ring substituents is 1. The summed E-state index contributed by atoms with van der Waals surface area (Å²) in [6.45, 7) is 4.07. The minimum absolute atomic E-state index is 0.124. The maximum atomic E-state index is 11.0. The van der Waals surface area contributed by atoms with E-state index < -0.39 is 10.8 Å². The predicted molar refractivity (Wildman–Crippen MR) is 68.6 cm³/mol. The fraction of sp³-hybridized carbons (Fsp3) is 0.364. The highest BCUT2D eigenvalue weighted by Gasteiger charge is 2.15. The lowest BCUT2D eigenvalue weighted by Gasteiger charge is -2.08. The lowest BCUT2D eigenvalue weighted by molar-refractivity contribution is -0.384. The lowest BCUT2D eigenvalue weighted by atomic mass is 10.1. The van der Waals surface area contributed by atoms with E-state index in [0.29, 0.717) is 18.8 Å². The summed E-state index contributed by atoms with van der Waals surface area (Å²) in [4.78, 5) is 21.3. The smallest absolute Gasteiger partial charge is 0.293 e. The van der Waals surface area contributed by atoms with Gasteiger partial charge in [0.15, 0.2) is 0 Å². The molecule has 0 fully saturated rings. The van der Waals surface area contributed by atoms with E-state index in [4.69, 9.17) is 5.73 Å². The van der Waals surface area contributed by atoms with E-state index in [9.17, 15) is 14.9 Å². The number of rotatable bonds is 7. The fourth-order valence-corrected chi connectivity index (χ4v) is 1.45. The van der Waals surface area contributed by atoms with Gasteiger partial charge < -0.3 is 16.4 Å². The monoisotopic (exact) mass is 252 g/mol. The average molecular weight is 252 g/mol. The van der Waals surface area contributed by atoms with Crippen molar-refractivity contribution in [3.63, 3.8) is 0 Å². The molecule has 1 rings (SSSR count). The van der Waals surface area contributed by atoms with Gasteiger partial charge in [0.05, 0.1) is 4.92 Å². The molecule has 7 heteroatoms. The van der Waals surface area contributed by atoms with Gasteiger partial charge in [-0.1, -0.05) is 6.92 Å². The molecule has 4 N–H and O–H groups in total. The Morgan fingerprint density at radius 1 is 1.44 bits per heavy atom. The normalized spacial score (nSPS) is 10.1. The van der Waals surface area contributed by atoms with Crippen molar-refractivity contribution in [2.45, 2.75) is 6.92 Å². The van der Waals surface area contributed by atoms with Gasteiger partial charge in [0.1, 0.15) is 5.69 Å². The summed E-state index contributed by atoms with van der Waals surface area (Å²) in [6.07, 6.45) is 0. The summed E-state index contributed by atoms with van der Waals surface area (Å²) in [7, 11) is 0. The average Bonchev–Trinajstić information content (AvgIpc) is 2.34. The topological polar surface area (TPSA) is 110 Å². The molecule has 0 spiro atoms. The number of nitrogens with one attached hydrogen (secondary N) is 2. The highest BCUT2D eigenvalue weighted by molar-refractivity contribution is 5.94. The largest absolute Gasteiger partial charge is 0.378 e. The summed E-state index contributed by atoms with van der Waals surface area (Å²) in [5, 5.41) is 16.9. The van der Waals surface area contributed by atoms with Crippen molar-refractivity contribution in [1.29, 1.82) is 0 Å². The number of amides is 1. The number of likely N-dealkylation sites (N-methyl/N-ethyl adjacent to an activating group) is 1. The number of hydrogen-bond acceptors (Lipinski definition) is 5. The third-order valence-electron chi connectivity index (χ3n) is 2.35. The van der Waals surface area contributed by atoms with Crippen LogP contribution in [0, 0.1) is 10.1 Å². The number of hydrogen-bond donors (Lipinski definition) is 3.